The Morgan fingerprint density at radius 2 is 1.08 bits per heavy atom. The van der Waals surface area contributed by atoms with Gasteiger partial charge in [0, 0.05) is 0 Å². The predicted octanol–water partition coefficient (Wildman–Crippen LogP) is 8.46. The first-order valence-corrected chi connectivity index (χ1v) is 15.6. The molecule has 0 fully saturated rings. The van der Waals surface area contributed by atoms with E-state index in [1.165, 1.54) is 0 Å². The second kappa shape index (κ2) is 12.1. The molecule has 0 atom stereocenters. The van der Waals surface area contributed by atoms with E-state index in [9.17, 15) is 0 Å². The molecule has 9 heteroatoms. The summed E-state index contributed by atoms with van der Waals surface area (Å²) >= 11 is 6.81. The average molecular weight is 548 g/mol. The Morgan fingerprint density at radius 3 is 1.50 bits per heavy atom. The van der Waals surface area contributed by atoms with Gasteiger partial charge in [-0.2, -0.15) is 0 Å². The minimum Gasteiger partial charge on any atom is -0.244 e. The maximum absolute atomic E-state index is 5.01. The molecule has 0 aliphatic heterocycles. The first kappa shape index (κ1) is 25.1. The van der Waals surface area contributed by atoms with Crippen molar-refractivity contribution in [2.24, 2.45) is 0 Å². The molecule has 0 spiro atoms. The lowest BCUT2D eigenvalue weighted by atomic mass is 10.2. The number of hydrogen-bond donors (Lipinski definition) is 0. The van der Waals surface area contributed by atoms with E-state index in [4.69, 9.17) is 24.9 Å². The first-order valence-electron chi connectivity index (χ1n) is 11.8. The van der Waals surface area contributed by atoms with Gasteiger partial charge in [-0.1, -0.05) is 32.0 Å². The quantitative estimate of drug-likeness (QED) is 0.128. The molecule has 0 radical (unpaired) electrons. The minimum atomic E-state index is 0.744. The Kier molecular flexibility index (Phi) is 8.43. The van der Waals surface area contributed by atoms with Crippen molar-refractivity contribution in [2.45, 2.75) is 36.7 Å². The van der Waals surface area contributed by atoms with Gasteiger partial charge in [0.15, 0.2) is 11.6 Å². The van der Waals surface area contributed by atoms with Crippen LogP contribution in [0.2, 0.25) is 0 Å². The number of aromatic nitrogens is 5. The molecule has 0 aliphatic carbocycles. The van der Waals surface area contributed by atoms with Crippen molar-refractivity contribution in [1.82, 2.24) is 24.9 Å². The topological polar surface area (TPSA) is 64.5 Å². The van der Waals surface area contributed by atoms with Gasteiger partial charge in [-0.25, -0.2) is 24.9 Å². The summed E-state index contributed by atoms with van der Waals surface area (Å²) in [5, 5.41) is 6.05. The molecule has 5 aromatic heterocycles. The molecule has 0 amide bonds. The molecule has 0 aromatic carbocycles. The molecule has 182 valence electrons. The lowest BCUT2D eigenvalue weighted by molar-refractivity contribution is 1.04. The predicted molar refractivity (Wildman–Crippen MR) is 155 cm³/mol. The maximum atomic E-state index is 5.01. The van der Waals surface area contributed by atoms with Crippen LogP contribution >= 0.6 is 46.2 Å². The van der Waals surface area contributed by atoms with Crippen molar-refractivity contribution in [2.75, 3.05) is 11.5 Å². The third-order valence-corrected chi connectivity index (χ3v) is 9.04. The van der Waals surface area contributed by atoms with E-state index in [1.807, 2.05) is 42.5 Å². The SMILES string of the molecule is CCCSc1cc(-c2cccc(-c3cc(SCCC)nc(-c4cccs4)n3)n2)nc(-c2cccs2)n1. The van der Waals surface area contributed by atoms with Gasteiger partial charge in [-0.3, -0.25) is 0 Å². The van der Waals surface area contributed by atoms with Gasteiger partial charge in [0.2, 0.25) is 0 Å². The fourth-order valence-electron chi connectivity index (χ4n) is 3.43. The summed E-state index contributed by atoms with van der Waals surface area (Å²) in [5.74, 6) is 3.51. The standard InChI is InChI=1S/C27H25N5S4/c1-3-12-35-24-16-20(29-26(31-24)22-10-6-14-33-22)18-8-5-9-19(28-18)21-17-25(36-13-4-2)32-27(30-21)23-11-7-15-34-23/h5-11,14-17H,3-4,12-13H2,1-2H3. The van der Waals surface area contributed by atoms with Crippen LogP contribution < -0.4 is 0 Å². The third kappa shape index (κ3) is 6.03. The van der Waals surface area contributed by atoms with Crippen molar-refractivity contribution in [3.8, 4) is 44.2 Å². The molecule has 0 unspecified atom stereocenters. The number of nitrogens with zero attached hydrogens (tertiary/aromatic N) is 5. The Balaban J connectivity index is 1.56. The molecule has 0 aliphatic rings. The van der Waals surface area contributed by atoms with Crippen molar-refractivity contribution in [3.63, 3.8) is 0 Å². The summed E-state index contributed by atoms with van der Waals surface area (Å²) in [6, 6.07) is 18.3. The summed E-state index contributed by atoms with van der Waals surface area (Å²) in [4.78, 5) is 26.5. The van der Waals surface area contributed by atoms with Crippen LogP contribution in [-0.4, -0.2) is 36.4 Å². The van der Waals surface area contributed by atoms with E-state index in [1.54, 1.807) is 46.2 Å². The second-order valence-electron chi connectivity index (χ2n) is 7.89. The third-order valence-electron chi connectivity index (χ3n) is 5.07. The highest BCUT2D eigenvalue weighted by Gasteiger charge is 2.14. The van der Waals surface area contributed by atoms with E-state index in [0.29, 0.717) is 0 Å². The van der Waals surface area contributed by atoms with Crippen LogP contribution in [0.3, 0.4) is 0 Å². The van der Waals surface area contributed by atoms with Crippen LogP contribution in [-0.2, 0) is 0 Å². The zero-order valence-electron chi connectivity index (χ0n) is 20.0. The Hall–Kier alpha value is -2.59. The van der Waals surface area contributed by atoms with Crippen LogP contribution in [0.25, 0.3) is 44.2 Å². The van der Waals surface area contributed by atoms with Crippen LogP contribution in [0.4, 0.5) is 0 Å². The first-order chi connectivity index (χ1) is 17.7. The summed E-state index contributed by atoms with van der Waals surface area (Å²) in [5.41, 5.74) is 3.26. The molecule has 0 bridgehead atoms. The second-order valence-corrected chi connectivity index (χ2v) is 12.0. The van der Waals surface area contributed by atoms with Gasteiger partial charge in [0.1, 0.15) is 10.1 Å². The van der Waals surface area contributed by atoms with Gasteiger partial charge in [-0.15, -0.1) is 46.2 Å². The molecule has 0 N–H and O–H groups in total. The fraction of sp³-hybridized carbons (Fsp3) is 0.222. The monoisotopic (exact) mass is 547 g/mol. The number of thioether (sulfide) groups is 2. The van der Waals surface area contributed by atoms with E-state index in [-0.39, 0.29) is 0 Å². The van der Waals surface area contributed by atoms with Crippen LogP contribution in [0.5, 0.6) is 0 Å². The maximum Gasteiger partial charge on any atom is 0.171 e. The smallest absolute Gasteiger partial charge is 0.171 e. The van der Waals surface area contributed by atoms with Gasteiger partial charge in [0.05, 0.1) is 32.5 Å². The average Bonchev–Trinajstić information content (AvgIpc) is 3.66. The number of rotatable bonds is 10. The molecule has 5 rings (SSSR count). The lowest BCUT2D eigenvalue weighted by Crippen LogP contribution is -1.98. The van der Waals surface area contributed by atoms with Gasteiger partial charge < -0.3 is 0 Å². The summed E-state index contributed by atoms with van der Waals surface area (Å²) in [6.07, 6.45) is 2.18. The van der Waals surface area contributed by atoms with Crippen LogP contribution in [0, 0.1) is 0 Å². The van der Waals surface area contributed by atoms with E-state index in [2.05, 4.69) is 36.7 Å². The van der Waals surface area contributed by atoms with Crippen molar-refractivity contribution in [3.05, 3.63) is 65.4 Å². The highest BCUT2D eigenvalue weighted by molar-refractivity contribution is 7.99. The zero-order chi connectivity index (χ0) is 24.7. The molecule has 0 saturated heterocycles. The molecule has 5 aromatic rings. The Morgan fingerprint density at radius 1 is 0.583 bits per heavy atom. The van der Waals surface area contributed by atoms with Gasteiger partial charge in [0.25, 0.3) is 0 Å². The summed E-state index contributed by atoms with van der Waals surface area (Å²) in [7, 11) is 0. The fourth-order valence-corrected chi connectivity index (χ4v) is 6.26. The van der Waals surface area contributed by atoms with Crippen molar-refractivity contribution < 1.29 is 0 Å². The van der Waals surface area contributed by atoms with Crippen molar-refractivity contribution >= 4 is 46.2 Å². The normalized spacial score (nSPS) is 11.2. The number of pyridine rings is 1. The molecule has 5 heterocycles. The highest BCUT2D eigenvalue weighted by atomic mass is 32.2. The molecular weight excluding hydrogens is 523 g/mol. The zero-order valence-corrected chi connectivity index (χ0v) is 23.3. The Labute approximate surface area is 227 Å². The largest absolute Gasteiger partial charge is 0.244 e. The summed E-state index contributed by atoms with van der Waals surface area (Å²) < 4.78 is 0. The van der Waals surface area contributed by atoms with Crippen LogP contribution in [0.15, 0.2) is 75.4 Å². The van der Waals surface area contributed by atoms with E-state index in [0.717, 1.165) is 78.6 Å². The van der Waals surface area contributed by atoms with E-state index >= 15 is 0 Å². The van der Waals surface area contributed by atoms with E-state index < -0.39 is 0 Å². The van der Waals surface area contributed by atoms with Gasteiger partial charge in [-0.05, 0) is 71.5 Å². The minimum absolute atomic E-state index is 0.744. The molecule has 5 nitrogen and oxygen atoms in total. The van der Waals surface area contributed by atoms with Gasteiger partial charge >= 0.3 is 0 Å². The highest BCUT2D eigenvalue weighted by Crippen LogP contribution is 2.31. The Bertz CT molecular complexity index is 1310. The number of thiophene rings is 2. The van der Waals surface area contributed by atoms with Crippen molar-refractivity contribution in [1.29, 1.82) is 0 Å². The lowest BCUT2D eigenvalue weighted by Gasteiger charge is -2.10. The molecule has 36 heavy (non-hydrogen) atoms. The number of hydrogen-bond acceptors (Lipinski definition) is 9. The molecular formula is C27H25N5S4. The summed E-state index contributed by atoms with van der Waals surface area (Å²) in [6.45, 7) is 4.36. The molecule has 0 saturated carbocycles. The van der Waals surface area contributed by atoms with Crippen LogP contribution in [0.1, 0.15) is 26.7 Å².